The van der Waals surface area contributed by atoms with E-state index in [1.807, 2.05) is 26.2 Å². The fraction of sp³-hybridized carbons (Fsp3) is 0.133. The topological polar surface area (TPSA) is 111 Å². The first-order valence-electron chi connectivity index (χ1n) is 7.04. The van der Waals surface area contributed by atoms with Gasteiger partial charge in [-0.2, -0.15) is 5.10 Å². The third-order valence-electron chi connectivity index (χ3n) is 3.69. The van der Waals surface area contributed by atoms with Gasteiger partial charge in [-0.3, -0.25) is 4.68 Å². The molecule has 8 heteroatoms. The number of anilines is 1. The average Bonchev–Trinajstić information content (AvgIpc) is 3.15. The maximum Gasteiger partial charge on any atom is 0.181 e. The number of nitrogens with one attached hydrogen (secondary N) is 1. The molecule has 3 N–H and O–H groups in total. The molecule has 0 amide bonds. The summed E-state index contributed by atoms with van der Waals surface area (Å²) in [5, 5.41) is 4.18. The number of H-pyrrole nitrogens is 1. The zero-order valence-electron chi connectivity index (χ0n) is 12.6. The largest absolute Gasteiger partial charge is 0.383 e. The monoisotopic (exact) mass is 306 g/mol. The number of aromatic amines is 1. The molecule has 0 spiro atoms. The first kappa shape index (κ1) is 13.4. The van der Waals surface area contributed by atoms with Crippen molar-refractivity contribution in [3.8, 4) is 22.5 Å². The molecule has 0 aliphatic heterocycles. The molecule has 0 bridgehead atoms. The van der Waals surface area contributed by atoms with Crippen LogP contribution in [0.4, 0.5) is 5.82 Å². The zero-order valence-corrected chi connectivity index (χ0v) is 12.6. The van der Waals surface area contributed by atoms with E-state index in [4.69, 9.17) is 5.73 Å². The molecule has 4 heterocycles. The number of imidazole rings is 1. The maximum absolute atomic E-state index is 6.04. The van der Waals surface area contributed by atoms with Gasteiger partial charge in [-0.15, -0.1) is 0 Å². The predicted molar refractivity (Wildman–Crippen MR) is 86.3 cm³/mol. The van der Waals surface area contributed by atoms with Crippen molar-refractivity contribution >= 4 is 17.0 Å². The summed E-state index contributed by atoms with van der Waals surface area (Å²) in [6.07, 6.45) is 6.93. The second-order valence-corrected chi connectivity index (χ2v) is 5.30. The molecule has 4 rings (SSSR count). The lowest BCUT2D eigenvalue weighted by Gasteiger charge is -2.04. The summed E-state index contributed by atoms with van der Waals surface area (Å²) >= 11 is 0. The first-order valence-corrected chi connectivity index (χ1v) is 7.04. The second-order valence-electron chi connectivity index (χ2n) is 5.30. The van der Waals surface area contributed by atoms with Crippen LogP contribution in [0.2, 0.25) is 0 Å². The van der Waals surface area contributed by atoms with Crippen molar-refractivity contribution in [2.45, 2.75) is 6.92 Å². The van der Waals surface area contributed by atoms with Crippen LogP contribution in [-0.4, -0.2) is 34.7 Å². The van der Waals surface area contributed by atoms with Gasteiger partial charge in [0.25, 0.3) is 0 Å². The van der Waals surface area contributed by atoms with Crippen molar-refractivity contribution in [3.63, 3.8) is 0 Å². The van der Waals surface area contributed by atoms with Crippen LogP contribution in [0.15, 0.2) is 31.0 Å². The number of fused-ring (bicyclic) bond motifs is 1. The highest BCUT2D eigenvalue weighted by Gasteiger charge is 2.13. The van der Waals surface area contributed by atoms with E-state index in [2.05, 4.69) is 30.0 Å². The van der Waals surface area contributed by atoms with Crippen molar-refractivity contribution in [1.82, 2.24) is 34.7 Å². The lowest BCUT2D eigenvalue weighted by atomic mass is 10.1. The fourth-order valence-corrected chi connectivity index (χ4v) is 2.47. The van der Waals surface area contributed by atoms with Gasteiger partial charge in [-0.25, -0.2) is 19.9 Å². The quantitative estimate of drug-likeness (QED) is 0.583. The lowest BCUT2D eigenvalue weighted by Crippen LogP contribution is -1.96. The Bertz CT molecular complexity index is 1010. The molecule has 0 unspecified atom stereocenters. The van der Waals surface area contributed by atoms with Crippen LogP contribution in [0, 0.1) is 6.92 Å². The molecule has 114 valence electrons. The number of nitrogen functional groups attached to an aromatic ring is 1. The van der Waals surface area contributed by atoms with Gasteiger partial charge in [-0.05, 0) is 13.0 Å². The number of rotatable bonds is 2. The van der Waals surface area contributed by atoms with E-state index in [9.17, 15) is 0 Å². The summed E-state index contributed by atoms with van der Waals surface area (Å²) in [6, 6.07) is 1.94. The maximum atomic E-state index is 6.04. The second kappa shape index (κ2) is 4.87. The normalized spacial score (nSPS) is 11.2. The summed E-state index contributed by atoms with van der Waals surface area (Å²) in [5.74, 6) is 1.03. The van der Waals surface area contributed by atoms with Crippen molar-refractivity contribution in [2.75, 3.05) is 5.73 Å². The van der Waals surface area contributed by atoms with Gasteiger partial charge in [0.05, 0.1) is 17.5 Å². The third-order valence-corrected chi connectivity index (χ3v) is 3.69. The van der Waals surface area contributed by atoms with Gasteiger partial charge >= 0.3 is 0 Å². The van der Waals surface area contributed by atoms with E-state index in [0.717, 1.165) is 27.9 Å². The minimum atomic E-state index is 0.405. The summed E-state index contributed by atoms with van der Waals surface area (Å²) in [4.78, 5) is 20.3. The van der Waals surface area contributed by atoms with Crippen LogP contribution in [0.3, 0.4) is 0 Å². The Balaban J connectivity index is 1.88. The van der Waals surface area contributed by atoms with Crippen LogP contribution in [0.5, 0.6) is 0 Å². The molecule has 0 aliphatic rings. The van der Waals surface area contributed by atoms with E-state index >= 15 is 0 Å². The van der Waals surface area contributed by atoms with E-state index in [1.54, 1.807) is 17.1 Å². The Hall–Kier alpha value is -3.29. The van der Waals surface area contributed by atoms with Gasteiger partial charge in [-0.1, -0.05) is 0 Å². The fourth-order valence-electron chi connectivity index (χ4n) is 2.47. The summed E-state index contributed by atoms with van der Waals surface area (Å²) in [7, 11) is 1.87. The molecule has 0 radical (unpaired) electrons. The van der Waals surface area contributed by atoms with Crippen LogP contribution < -0.4 is 5.73 Å². The van der Waals surface area contributed by atoms with Crippen LogP contribution in [-0.2, 0) is 7.05 Å². The number of nitrogens with zero attached hydrogens (tertiary/aromatic N) is 6. The van der Waals surface area contributed by atoms with E-state index in [-0.39, 0.29) is 0 Å². The molecule has 8 nitrogen and oxygen atoms in total. The van der Waals surface area contributed by atoms with Crippen molar-refractivity contribution < 1.29 is 0 Å². The van der Waals surface area contributed by atoms with Crippen LogP contribution >= 0.6 is 0 Å². The van der Waals surface area contributed by atoms with E-state index in [0.29, 0.717) is 17.3 Å². The number of pyridine rings is 1. The van der Waals surface area contributed by atoms with Crippen molar-refractivity contribution in [3.05, 3.63) is 36.7 Å². The molecule has 0 aromatic carbocycles. The van der Waals surface area contributed by atoms with E-state index in [1.165, 1.54) is 6.33 Å². The highest BCUT2D eigenvalue weighted by Crippen LogP contribution is 2.29. The predicted octanol–water partition coefficient (Wildman–Crippen LogP) is 1.71. The van der Waals surface area contributed by atoms with Gasteiger partial charge in [0.1, 0.15) is 23.5 Å². The zero-order chi connectivity index (χ0) is 16.0. The molecule has 4 aromatic heterocycles. The van der Waals surface area contributed by atoms with Crippen molar-refractivity contribution in [1.29, 1.82) is 0 Å². The Labute approximate surface area is 131 Å². The highest BCUT2D eigenvalue weighted by molar-refractivity contribution is 5.82. The Morgan fingerprint density at radius 2 is 2.00 bits per heavy atom. The molecule has 23 heavy (non-hydrogen) atoms. The smallest absolute Gasteiger partial charge is 0.181 e. The van der Waals surface area contributed by atoms with Gasteiger partial charge in [0.15, 0.2) is 5.65 Å². The summed E-state index contributed by atoms with van der Waals surface area (Å²) in [6.45, 7) is 1.90. The summed E-state index contributed by atoms with van der Waals surface area (Å²) < 4.78 is 1.74. The number of hydrogen-bond acceptors (Lipinski definition) is 6. The molecular weight excluding hydrogens is 292 g/mol. The van der Waals surface area contributed by atoms with Gasteiger partial charge in [0, 0.05) is 30.6 Å². The van der Waals surface area contributed by atoms with E-state index < -0.39 is 0 Å². The Kier molecular flexibility index (Phi) is 2.83. The molecule has 0 fully saturated rings. The molecule has 0 aliphatic carbocycles. The van der Waals surface area contributed by atoms with Crippen molar-refractivity contribution in [2.24, 2.45) is 7.05 Å². The molecule has 0 atom stereocenters. The Morgan fingerprint density at radius 1 is 1.13 bits per heavy atom. The van der Waals surface area contributed by atoms with Crippen LogP contribution in [0.25, 0.3) is 33.7 Å². The minimum absolute atomic E-state index is 0.405. The third kappa shape index (κ3) is 2.20. The van der Waals surface area contributed by atoms with Crippen LogP contribution in [0.1, 0.15) is 5.69 Å². The molecule has 0 saturated carbocycles. The lowest BCUT2D eigenvalue weighted by molar-refractivity contribution is 0.768. The van der Waals surface area contributed by atoms with Gasteiger partial charge in [0.2, 0.25) is 0 Å². The standard InChI is InChI=1S/C15H14N8/c1-8-12-15(19-7-18-8)22-14(21-12)11-3-9(4-17-13(11)16)10-5-20-23(2)6-10/h3-7H,1-2H3,(H2,16,17)(H,18,19,21,22). The number of aryl methyl sites for hydroxylation is 2. The Morgan fingerprint density at radius 3 is 2.74 bits per heavy atom. The molecular formula is C15H14N8. The first-order chi connectivity index (χ1) is 11.1. The van der Waals surface area contributed by atoms with Gasteiger partial charge < -0.3 is 10.7 Å². The SMILES string of the molecule is Cc1ncnc2nc(-c3cc(-c4cnn(C)c4)cnc3N)[nH]c12. The number of aromatic nitrogens is 7. The number of hydrogen-bond donors (Lipinski definition) is 2. The molecule has 4 aromatic rings. The average molecular weight is 306 g/mol. The number of nitrogens with two attached hydrogens (primary N) is 1. The summed E-state index contributed by atoms with van der Waals surface area (Å²) in [5.41, 5.74) is 10.9. The minimum Gasteiger partial charge on any atom is -0.383 e. The molecule has 0 saturated heterocycles. The highest BCUT2D eigenvalue weighted by atomic mass is 15.2.